The highest BCUT2D eigenvalue weighted by Gasteiger charge is 2.22. The Morgan fingerprint density at radius 2 is 1.68 bits per heavy atom. The van der Waals surface area contributed by atoms with Gasteiger partial charge in [0.2, 0.25) is 5.91 Å². The molecule has 148 valence electrons. The summed E-state index contributed by atoms with van der Waals surface area (Å²) in [6.45, 7) is 1.71. The number of carbonyl (C=O) groups is 2. The van der Waals surface area contributed by atoms with Crippen LogP contribution >= 0.6 is 0 Å². The molecular weight excluding hydrogens is 361 g/mol. The number of ether oxygens (including phenoxy) is 1. The van der Waals surface area contributed by atoms with Crippen LogP contribution in [0.15, 0.2) is 54.6 Å². The molecule has 0 saturated carbocycles. The van der Waals surface area contributed by atoms with Gasteiger partial charge in [0, 0.05) is 24.8 Å². The molecule has 2 aromatic rings. The van der Waals surface area contributed by atoms with Gasteiger partial charge in [-0.2, -0.15) is 0 Å². The number of carbonyl (C=O) groups excluding carboxylic acids is 2. The molecule has 1 saturated heterocycles. The van der Waals surface area contributed by atoms with Crippen LogP contribution in [0.5, 0.6) is 5.75 Å². The lowest BCUT2D eigenvalue weighted by Gasteiger charge is -2.31. The maximum Gasteiger partial charge on any atom is 0.258 e. The molecule has 1 heterocycles. The zero-order valence-corrected chi connectivity index (χ0v) is 15.6. The Morgan fingerprint density at radius 3 is 2.36 bits per heavy atom. The van der Waals surface area contributed by atoms with Gasteiger partial charge in [-0.25, -0.2) is 4.39 Å². The van der Waals surface area contributed by atoms with Gasteiger partial charge >= 0.3 is 0 Å². The number of para-hydroxylation sites is 1. The molecule has 7 heteroatoms. The van der Waals surface area contributed by atoms with Gasteiger partial charge in [-0.1, -0.05) is 18.2 Å². The Hall–Kier alpha value is -2.93. The number of hydrogen-bond acceptors (Lipinski definition) is 4. The van der Waals surface area contributed by atoms with E-state index in [1.165, 1.54) is 24.3 Å². The molecule has 0 aliphatic carbocycles. The predicted molar refractivity (Wildman–Crippen MR) is 105 cm³/mol. The molecule has 0 atom stereocenters. The van der Waals surface area contributed by atoms with Crippen LogP contribution in [0.1, 0.15) is 12.8 Å². The molecule has 1 aliphatic rings. The number of piperidine rings is 1. The van der Waals surface area contributed by atoms with E-state index in [0.29, 0.717) is 12.3 Å². The third kappa shape index (κ3) is 6.35. The van der Waals surface area contributed by atoms with Crippen molar-refractivity contribution in [3.63, 3.8) is 0 Å². The summed E-state index contributed by atoms with van der Waals surface area (Å²) in [4.78, 5) is 26.2. The Balaban J connectivity index is 1.33. The molecule has 3 rings (SSSR count). The average molecular weight is 385 g/mol. The van der Waals surface area contributed by atoms with Gasteiger partial charge < -0.3 is 15.4 Å². The summed E-state index contributed by atoms with van der Waals surface area (Å²) in [5.74, 6) is -0.136. The summed E-state index contributed by atoms with van der Waals surface area (Å²) in [5.41, 5.74) is 0.788. The zero-order chi connectivity index (χ0) is 19.8. The van der Waals surface area contributed by atoms with Gasteiger partial charge in [0.15, 0.2) is 6.61 Å². The van der Waals surface area contributed by atoms with Gasteiger partial charge in [-0.05, 0) is 49.2 Å². The van der Waals surface area contributed by atoms with Crippen LogP contribution in [0.4, 0.5) is 10.1 Å². The van der Waals surface area contributed by atoms with Crippen molar-refractivity contribution in [2.45, 2.75) is 18.9 Å². The van der Waals surface area contributed by atoms with Crippen molar-refractivity contribution in [3.05, 3.63) is 60.4 Å². The van der Waals surface area contributed by atoms with Crippen molar-refractivity contribution in [3.8, 4) is 5.75 Å². The summed E-state index contributed by atoms with van der Waals surface area (Å²) in [6.07, 6.45) is 1.56. The SMILES string of the molecule is O=C(CN1CCC(NC(=O)COc2ccc(F)cc2)CC1)Nc1ccccc1. The van der Waals surface area contributed by atoms with Crippen LogP contribution in [-0.4, -0.2) is 49.0 Å². The molecule has 0 aromatic heterocycles. The highest BCUT2D eigenvalue weighted by Crippen LogP contribution is 2.13. The van der Waals surface area contributed by atoms with Crippen molar-refractivity contribution in [1.29, 1.82) is 0 Å². The molecule has 2 amide bonds. The molecule has 1 aliphatic heterocycles. The largest absolute Gasteiger partial charge is 0.484 e. The van der Waals surface area contributed by atoms with Crippen LogP contribution in [0.3, 0.4) is 0 Å². The first-order valence-electron chi connectivity index (χ1n) is 9.33. The Bertz CT molecular complexity index is 775. The van der Waals surface area contributed by atoms with Crippen molar-refractivity contribution >= 4 is 17.5 Å². The lowest BCUT2D eigenvalue weighted by molar-refractivity contribution is -0.124. The number of nitrogens with one attached hydrogen (secondary N) is 2. The number of likely N-dealkylation sites (tertiary alicyclic amines) is 1. The second-order valence-corrected chi connectivity index (χ2v) is 6.77. The first-order chi connectivity index (χ1) is 13.6. The minimum Gasteiger partial charge on any atom is -0.484 e. The van der Waals surface area contributed by atoms with Gasteiger partial charge in [0.05, 0.1) is 6.54 Å². The Labute approximate surface area is 163 Å². The fourth-order valence-corrected chi connectivity index (χ4v) is 3.11. The van der Waals surface area contributed by atoms with E-state index in [4.69, 9.17) is 4.74 Å². The van der Waals surface area contributed by atoms with Crippen molar-refractivity contribution in [2.75, 3.05) is 31.6 Å². The van der Waals surface area contributed by atoms with Crippen molar-refractivity contribution in [2.24, 2.45) is 0 Å². The number of benzene rings is 2. The third-order valence-electron chi connectivity index (χ3n) is 4.56. The van der Waals surface area contributed by atoms with Crippen molar-refractivity contribution in [1.82, 2.24) is 10.2 Å². The second-order valence-electron chi connectivity index (χ2n) is 6.77. The molecule has 6 nitrogen and oxygen atoms in total. The minimum absolute atomic E-state index is 0.0404. The summed E-state index contributed by atoms with van der Waals surface area (Å²) in [5, 5.41) is 5.83. The Kier molecular flexibility index (Phi) is 6.97. The fourth-order valence-electron chi connectivity index (χ4n) is 3.11. The van der Waals surface area contributed by atoms with E-state index >= 15 is 0 Å². The Morgan fingerprint density at radius 1 is 1.00 bits per heavy atom. The number of halogens is 1. The molecule has 2 aromatic carbocycles. The molecule has 0 bridgehead atoms. The normalized spacial score (nSPS) is 15.0. The smallest absolute Gasteiger partial charge is 0.258 e. The van der Waals surface area contributed by atoms with E-state index in [1.54, 1.807) is 0 Å². The van der Waals surface area contributed by atoms with Gasteiger partial charge in [-0.3, -0.25) is 14.5 Å². The molecular formula is C21H24FN3O3. The zero-order valence-electron chi connectivity index (χ0n) is 15.6. The molecule has 0 unspecified atom stereocenters. The fraction of sp³-hybridized carbons (Fsp3) is 0.333. The topological polar surface area (TPSA) is 70.7 Å². The summed E-state index contributed by atoms with van der Waals surface area (Å²) < 4.78 is 18.2. The van der Waals surface area contributed by atoms with Gasteiger partial charge in [-0.15, -0.1) is 0 Å². The molecule has 2 N–H and O–H groups in total. The quantitative estimate of drug-likeness (QED) is 0.768. The highest BCUT2D eigenvalue weighted by atomic mass is 19.1. The molecule has 0 spiro atoms. The van der Waals surface area contributed by atoms with E-state index in [-0.39, 0.29) is 30.3 Å². The van der Waals surface area contributed by atoms with Crippen LogP contribution < -0.4 is 15.4 Å². The van der Waals surface area contributed by atoms with Gasteiger partial charge in [0.25, 0.3) is 5.91 Å². The highest BCUT2D eigenvalue weighted by molar-refractivity contribution is 5.92. The minimum atomic E-state index is -0.346. The number of amides is 2. The number of nitrogens with zero attached hydrogens (tertiary/aromatic N) is 1. The first-order valence-corrected chi connectivity index (χ1v) is 9.33. The monoisotopic (exact) mass is 385 g/mol. The third-order valence-corrected chi connectivity index (χ3v) is 4.56. The summed E-state index contributed by atoms with van der Waals surface area (Å²) >= 11 is 0. The number of hydrogen-bond donors (Lipinski definition) is 2. The first kappa shape index (κ1) is 19.8. The summed E-state index contributed by atoms with van der Waals surface area (Å²) in [7, 11) is 0. The van der Waals surface area contributed by atoms with Crippen LogP contribution in [0.2, 0.25) is 0 Å². The molecule has 1 fully saturated rings. The van der Waals surface area contributed by atoms with E-state index in [1.807, 2.05) is 30.3 Å². The van der Waals surface area contributed by atoms with E-state index in [0.717, 1.165) is 31.6 Å². The standard InChI is InChI=1S/C21H24FN3O3/c22-16-6-8-19(9-7-16)28-15-21(27)24-18-10-12-25(13-11-18)14-20(26)23-17-4-2-1-3-5-17/h1-9,18H,10-15H2,(H,23,26)(H,24,27). The summed E-state index contributed by atoms with van der Waals surface area (Å²) in [6, 6.07) is 15.0. The molecule has 0 radical (unpaired) electrons. The lowest BCUT2D eigenvalue weighted by atomic mass is 10.1. The van der Waals surface area contributed by atoms with E-state index in [9.17, 15) is 14.0 Å². The predicted octanol–water partition coefficient (Wildman–Crippen LogP) is 2.42. The number of anilines is 1. The van der Waals surface area contributed by atoms with Gasteiger partial charge in [0.1, 0.15) is 11.6 Å². The maximum absolute atomic E-state index is 12.9. The van der Waals surface area contributed by atoms with Crippen LogP contribution in [-0.2, 0) is 9.59 Å². The average Bonchev–Trinajstić information content (AvgIpc) is 2.70. The maximum atomic E-state index is 12.9. The molecule has 28 heavy (non-hydrogen) atoms. The van der Waals surface area contributed by atoms with E-state index in [2.05, 4.69) is 15.5 Å². The number of rotatable bonds is 7. The van der Waals surface area contributed by atoms with Crippen molar-refractivity contribution < 1.29 is 18.7 Å². The lowest BCUT2D eigenvalue weighted by Crippen LogP contribution is -2.47. The van der Waals surface area contributed by atoms with Crippen LogP contribution in [0.25, 0.3) is 0 Å². The van der Waals surface area contributed by atoms with Crippen LogP contribution in [0, 0.1) is 5.82 Å². The van der Waals surface area contributed by atoms with E-state index < -0.39 is 0 Å². The second kappa shape index (κ2) is 9.85.